The summed E-state index contributed by atoms with van der Waals surface area (Å²) in [6.07, 6.45) is 6.25. The van der Waals surface area contributed by atoms with E-state index < -0.39 is 0 Å². The molecule has 1 aromatic heterocycles. The Morgan fingerprint density at radius 1 is 1.29 bits per heavy atom. The molecule has 0 spiro atoms. The Morgan fingerprint density at radius 2 is 2.05 bits per heavy atom. The number of hydrogen-bond donors (Lipinski definition) is 1. The van der Waals surface area contributed by atoms with Crippen LogP contribution in [0.5, 0.6) is 0 Å². The van der Waals surface area contributed by atoms with Gasteiger partial charge in [-0.25, -0.2) is 0 Å². The molecule has 0 radical (unpaired) electrons. The molecule has 2 aliphatic rings. The highest BCUT2D eigenvalue weighted by Gasteiger charge is 2.34. The van der Waals surface area contributed by atoms with Crippen LogP contribution >= 0.6 is 0 Å². The summed E-state index contributed by atoms with van der Waals surface area (Å²) in [5.74, 6) is 0.227. The van der Waals surface area contributed by atoms with Crippen LogP contribution in [0.2, 0.25) is 0 Å². The first kappa shape index (κ1) is 14.6. The summed E-state index contributed by atoms with van der Waals surface area (Å²) in [5.41, 5.74) is 2.64. The van der Waals surface area contributed by atoms with Crippen LogP contribution < -0.4 is 5.32 Å². The van der Waals surface area contributed by atoms with Gasteiger partial charge in [-0.15, -0.1) is 0 Å². The first-order chi connectivity index (χ1) is 9.88. The number of nitrogens with one attached hydrogen (secondary N) is 1. The lowest BCUT2D eigenvalue weighted by atomic mass is 9.91. The molecule has 0 bridgehead atoms. The van der Waals surface area contributed by atoms with Crippen LogP contribution in [0, 0.1) is 0 Å². The van der Waals surface area contributed by atoms with E-state index in [4.69, 9.17) is 0 Å². The molecule has 116 valence electrons. The molecule has 1 aliphatic heterocycles. The molecule has 1 fully saturated rings. The summed E-state index contributed by atoms with van der Waals surface area (Å²) in [5, 5.41) is 8.18. The monoisotopic (exact) mass is 290 g/mol. The van der Waals surface area contributed by atoms with Crippen molar-refractivity contribution in [3.63, 3.8) is 0 Å². The predicted octanol–water partition coefficient (Wildman–Crippen LogP) is 1.84. The predicted molar refractivity (Wildman–Crippen MR) is 82.1 cm³/mol. The first-order valence-electron chi connectivity index (χ1n) is 7.96. The molecule has 2 atom stereocenters. The lowest BCUT2D eigenvalue weighted by Gasteiger charge is -2.29. The van der Waals surface area contributed by atoms with Crippen molar-refractivity contribution in [2.45, 2.75) is 64.1 Å². The molecule has 1 aliphatic carbocycles. The number of amides is 1. The zero-order valence-electron chi connectivity index (χ0n) is 13.5. The largest absolute Gasteiger partial charge is 0.344 e. The van der Waals surface area contributed by atoms with Crippen molar-refractivity contribution in [2.75, 3.05) is 13.6 Å². The van der Waals surface area contributed by atoms with E-state index in [0.717, 1.165) is 32.2 Å². The Morgan fingerprint density at radius 3 is 2.67 bits per heavy atom. The molecule has 21 heavy (non-hydrogen) atoms. The van der Waals surface area contributed by atoms with Gasteiger partial charge in [0.25, 0.3) is 0 Å². The number of nitrogens with zero attached hydrogens (tertiary/aromatic N) is 3. The van der Waals surface area contributed by atoms with Crippen LogP contribution in [-0.4, -0.2) is 40.2 Å². The zero-order valence-corrected chi connectivity index (χ0v) is 13.5. The molecule has 2 unspecified atom stereocenters. The number of likely N-dealkylation sites (N-methyl/N-ethyl adjacent to an activating group) is 1. The molecule has 5 nitrogen and oxygen atoms in total. The molecule has 1 amide bonds. The first-order valence-corrected chi connectivity index (χ1v) is 7.96. The van der Waals surface area contributed by atoms with Crippen LogP contribution in [-0.2, 0) is 16.8 Å². The highest BCUT2D eigenvalue weighted by atomic mass is 16.2. The van der Waals surface area contributed by atoms with E-state index >= 15 is 0 Å². The second-order valence-electron chi connectivity index (χ2n) is 7.34. The highest BCUT2D eigenvalue weighted by molar-refractivity contribution is 5.83. The SMILES string of the molecule is CN1CCC(NC2CCCc3c2cnn3C(C)(C)C)C1=O. The average molecular weight is 290 g/mol. The van der Waals surface area contributed by atoms with E-state index in [1.54, 1.807) is 0 Å². The second-order valence-corrected chi connectivity index (χ2v) is 7.34. The summed E-state index contributed by atoms with van der Waals surface area (Å²) < 4.78 is 2.15. The van der Waals surface area contributed by atoms with E-state index in [2.05, 4.69) is 35.9 Å². The van der Waals surface area contributed by atoms with Gasteiger partial charge in [0, 0.05) is 30.9 Å². The lowest BCUT2D eigenvalue weighted by molar-refractivity contribution is -0.128. The van der Waals surface area contributed by atoms with Crippen LogP contribution in [0.3, 0.4) is 0 Å². The van der Waals surface area contributed by atoms with Gasteiger partial charge in [-0.2, -0.15) is 5.10 Å². The smallest absolute Gasteiger partial charge is 0.239 e. The topological polar surface area (TPSA) is 50.2 Å². The summed E-state index contributed by atoms with van der Waals surface area (Å²) >= 11 is 0. The average Bonchev–Trinajstić information content (AvgIpc) is 2.97. The third-order valence-corrected chi connectivity index (χ3v) is 4.65. The van der Waals surface area contributed by atoms with E-state index in [-0.39, 0.29) is 23.5 Å². The molecule has 0 saturated carbocycles. The van der Waals surface area contributed by atoms with Crippen molar-refractivity contribution >= 4 is 5.91 Å². The van der Waals surface area contributed by atoms with E-state index in [1.807, 2.05) is 18.1 Å². The number of carbonyl (C=O) groups is 1. The Hall–Kier alpha value is -1.36. The number of carbonyl (C=O) groups excluding carboxylic acids is 1. The van der Waals surface area contributed by atoms with E-state index in [9.17, 15) is 4.79 Å². The molecular formula is C16H26N4O. The van der Waals surface area contributed by atoms with Gasteiger partial charge < -0.3 is 4.90 Å². The van der Waals surface area contributed by atoms with Gasteiger partial charge in [-0.3, -0.25) is 14.8 Å². The zero-order chi connectivity index (χ0) is 15.2. The minimum Gasteiger partial charge on any atom is -0.344 e. The van der Waals surface area contributed by atoms with Crippen molar-refractivity contribution < 1.29 is 4.79 Å². The minimum atomic E-state index is -0.0241. The number of fused-ring (bicyclic) bond motifs is 1. The standard InChI is InChI=1S/C16H26N4O/c1-16(2,3)20-14-7-5-6-12(11(14)10-17-20)18-13-8-9-19(4)15(13)21/h10,12-13,18H,5-9H2,1-4H3. The molecule has 5 heteroatoms. The fourth-order valence-corrected chi connectivity index (χ4v) is 3.53. The van der Waals surface area contributed by atoms with Gasteiger partial charge in [0.15, 0.2) is 0 Å². The quantitative estimate of drug-likeness (QED) is 0.904. The van der Waals surface area contributed by atoms with Gasteiger partial charge >= 0.3 is 0 Å². The van der Waals surface area contributed by atoms with Crippen molar-refractivity contribution in [1.29, 1.82) is 0 Å². The van der Waals surface area contributed by atoms with Crippen LogP contribution in [0.15, 0.2) is 6.20 Å². The number of rotatable bonds is 2. The van der Waals surface area contributed by atoms with Gasteiger partial charge in [-0.05, 0) is 46.5 Å². The maximum Gasteiger partial charge on any atom is 0.239 e. The summed E-state index contributed by atoms with van der Waals surface area (Å²) in [7, 11) is 1.88. The summed E-state index contributed by atoms with van der Waals surface area (Å²) in [4.78, 5) is 13.9. The van der Waals surface area contributed by atoms with Crippen LogP contribution in [0.1, 0.15) is 57.3 Å². The van der Waals surface area contributed by atoms with Crippen molar-refractivity contribution in [3.05, 3.63) is 17.5 Å². The number of hydrogen-bond acceptors (Lipinski definition) is 3. The Bertz CT molecular complexity index is 543. The molecule has 2 heterocycles. The van der Waals surface area contributed by atoms with Gasteiger partial charge in [-0.1, -0.05) is 0 Å². The fourth-order valence-electron chi connectivity index (χ4n) is 3.53. The van der Waals surface area contributed by atoms with E-state index in [1.165, 1.54) is 11.3 Å². The maximum absolute atomic E-state index is 12.1. The highest BCUT2D eigenvalue weighted by Crippen LogP contribution is 2.33. The Kier molecular flexibility index (Phi) is 3.56. The fraction of sp³-hybridized carbons (Fsp3) is 0.750. The summed E-state index contributed by atoms with van der Waals surface area (Å²) in [6.45, 7) is 7.42. The van der Waals surface area contributed by atoms with Crippen molar-refractivity contribution in [1.82, 2.24) is 20.0 Å². The van der Waals surface area contributed by atoms with E-state index in [0.29, 0.717) is 0 Å². The van der Waals surface area contributed by atoms with Gasteiger partial charge in [0.2, 0.25) is 5.91 Å². The van der Waals surface area contributed by atoms with Crippen molar-refractivity contribution in [2.24, 2.45) is 0 Å². The number of likely N-dealkylation sites (tertiary alicyclic amines) is 1. The third kappa shape index (κ3) is 2.59. The Balaban J connectivity index is 1.82. The number of aromatic nitrogens is 2. The Labute approximate surface area is 126 Å². The molecule has 1 saturated heterocycles. The molecule has 0 aromatic carbocycles. The molecule has 1 aromatic rings. The van der Waals surface area contributed by atoms with Crippen LogP contribution in [0.25, 0.3) is 0 Å². The second kappa shape index (κ2) is 5.13. The summed E-state index contributed by atoms with van der Waals surface area (Å²) in [6, 6.07) is 0.245. The normalized spacial score (nSPS) is 26.3. The minimum absolute atomic E-state index is 0.0128. The van der Waals surface area contributed by atoms with Gasteiger partial charge in [0.05, 0.1) is 17.8 Å². The van der Waals surface area contributed by atoms with Crippen molar-refractivity contribution in [3.8, 4) is 0 Å². The third-order valence-electron chi connectivity index (χ3n) is 4.65. The molecule has 1 N–H and O–H groups in total. The lowest BCUT2D eigenvalue weighted by Crippen LogP contribution is -2.40. The molecular weight excluding hydrogens is 264 g/mol. The molecule has 3 rings (SSSR count). The van der Waals surface area contributed by atoms with Gasteiger partial charge in [0.1, 0.15) is 0 Å². The maximum atomic E-state index is 12.1. The van der Waals surface area contributed by atoms with Crippen LogP contribution in [0.4, 0.5) is 0 Å².